The van der Waals surface area contributed by atoms with Crippen molar-refractivity contribution in [2.45, 2.75) is 12.5 Å². The molecule has 2 fully saturated rings. The average Bonchev–Trinajstić information content (AvgIpc) is 3.21. The van der Waals surface area contributed by atoms with E-state index in [1.807, 2.05) is 12.1 Å². The first-order chi connectivity index (χ1) is 15.1. The highest BCUT2D eigenvalue weighted by Gasteiger charge is 2.58. The summed E-state index contributed by atoms with van der Waals surface area (Å²) in [7, 11) is 3.45. The van der Waals surface area contributed by atoms with Crippen molar-refractivity contribution in [3.8, 4) is 5.75 Å². The van der Waals surface area contributed by atoms with Crippen molar-refractivity contribution in [2.75, 3.05) is 25.1 Å². The van der Waals surface area contributed by atoms with Gasteiger partial charge in [-0.2, -0.15) is 4.98 Å². The Morgan fingerprint density at radius 2 is 1.87 bits per heavy atom. The Kier molecular flexibility index (Phi) is 3.89. The van der Waals surface area contributed by atoms with Crippen LogP contribution in [0.2, 0.25) is 0 Å². The molecular formula is C21H21N7O3. The number of rotatable bonds is 5. The highest BCUT2D eigenvalue weighted by molar-refractivity contribution is 5.68. The number of benzene rings is 1. The maximum Gasteiger partial charge on any atom is 0.280 e. The fourth-order valence-corrected chi connectivity index (χ4v) is 4.71. The Morgan fingerprint density at radius 1 is 1.13 bits per heavy atom. The van der Waals surface area contributed by atoms with Crippen LogP contribution in [-0.2, 0) is 13.6 Å². The summed E-state index contributed by atoms with van der Waals surface area (Å²) in [6.07, 6.45) is 3.05. The van der Waals surface area contributed by atoms with Gasteiger partial charge < -0.3 is 18.7 Å². The molecule has 1 unspecified atom stereocenters. The van der Waals surface area contributed by atoms with Crippen molar-refractivity contribution >= 4 is 16.9 Å². The van der Waals surface area contributed by atoms with Gasteiger partial charge in [0, 0.05) is 31.7 Å². The standard InChI is InChI=1S/C21H21N7O3/c1-26-10-22-20-18(26)21(29)28(11-23-20)9-16-24-19(25-31-16)17-14-7-27(8-15(14)17)12-3-5-13(30-2)6-4-12/h3-6,10-11,14-15,17H,7-9H2,1-2H3/t14-,15+,17?. The minimum Gasteiger partial charge on any atom is -0.497 e. The molecular weight excluding hydrogens is 398 g/mol. The molecule has 0 N–H and O–H groups in total. The van der Waals surface area contributed by atoms with E-state index < -0.39 is 0 Å². The van der Waals surface area contributed by atoms with Crippen molar-refractivity contribution in [3.63, 3.8) is 0 Å². The zero-order valence-corrected chi connectivity index (χ0v) is 17.2. The molecule has 10 heteroatoms. The quantitative estimate of drug-likeness (QED) is 0.478. The van der Waals surface area contributed by atoms with Gasteiger partial charge in [0.2, 0.25) is 5.89 Å². The number of ether oxygens (including phenoxy) is 1. The summed E-state index contributed by atoms with van der Waals surface area (Å²) in [6, 6.07) is 8.16. The van der Waals surface area contributed by atoms with Gasteiger partial charge in [0.15, 0.2) is 17.0 Å². The summed E-state index contributed by atoms with van der Waals surface area (Å²) in [6.45, 7) is 2.15. The van der Waals surface area contributed by atoms with Gasteiger partial charge in [0.1, 0.15) is 18.6 Å². The van der Waals surface area contributed by atoms with Gasteiger partial charge in [-0.25, -0.2) is 9.97 Å². The molecule has 1 saturated heterocycles. The molecule has 4 heterocycles. The molecule has 158 valence electrons. The fourth-order valence-electron chi connectivity index (χ4n) is 4.71. The van der Waals surface area contributed by atoms with E-state index in [-0.39, 0.29) is 12.1 Å². The van der Waals surface area contributed by atoms with E-state index in [1.165, 1.54) is 16.6 Å². The second-order valence-corrected chi connectivity index (χ2v) is 8.21. The lowest BCUT2D eigenvalue weighted by atomic mass is 10.2. The van der Waals surface area contributed by atoms with Crippen LogP contribution in [0.25, 0.3) is 11.2 Å². The molecule has 0 amide bonds. The third-order valence-electron chi connectivity index (χ3n) is 6.42. The number of hydrogen-bond acceptors (Lipinski definition) is 8. The van der Waals surface area contributed by atoms with Crippen LogP contribution in [0.4, 0.5) is 5.69 Å². The Hall–Kier alpha value is -3.69. The van der Waals surface area contributed by atoms with Crippen molar-refractivity contribution in [2.24, 2.45) is 18.9 Å². The van der Waals surface area contributed by atoms with Gasteiger partial charge >= 0.3 is 0 Å². The topological polar surface area (TPSA) is 104 Å². The Balaban J connectivity index is 1.15. The third kappa shape index (κ3) is 2.89. The van der Waals surface area contributed by atoms with Crippen LogP contribution in [0.15, 0.2) is 46.2 Å². The molecule has 10 nitrogen and oxygen atoms in total. The minimum absolute atomic E-state index is 0.178. The molecule has 3 atom stereocenters. The number of piperidine rings is 1. The average molecular weight is 419 g/mol. The van der Waals surface area contributed by atoms with Crippen LogP contribution in [0.1, 0.15) is 17.6 Å². The van der Waals surface area contributed by atoms with Crippen molar-refractivity contribution in [1.82, 2.24) is 29.2 Å². The molecule has 1 aromatic carbocycles. The Labute approximate surface area is 177 Å². The largest absolute Gasteiger partial charge is 0.497 e. The smallest absolute Gasteiger partial charge is 0.280 e. The maximum absolute atomic E-state index is 12.7. The molecule has 4 aromatic rings. The van der Waals surface area contributed by atoms with Crippen LogP contribution in [0, 0.1) is 11.8 Å². The normalized spacial score (nSPS) is 22.1. The predicted octanol–water partition coefficient (Wildman–Crippen LogP) is 1.42. The summed E-state index contributed by atoms with van der Waals surface area (Å²) in [5, 5.41) is 4.20. The molecule has 0 spiro atoms. The number of aryl methyl sites for hydroxylation is 1. The summed E-state index contributed by atoms with van der Waals surface area (Å²) in [5.74, 6) is 3.40. The SMILES string of the molecule is COc1ccc(N2C[C@@H]3C(c4noc(Cn5cnc6ncn(C)c6c5=O)n4)[C@@H]3C2)cc1. The molecule has 1 saturated carbocycles. The molecule has 1 aliphatic heterocycles. The number of nitrogens with zero attached hydrogens (tertiary/aromatic N) is 7. The summed E-state index contributed by atoms with van der Waals surface area (Å²) in [4.78, 5) is 28.0. The third-order valence-corrected chi connectivity index (χ3v) is 6.42. The summed E-state index contributed by atoms with van der Waals surface area (Å²) in [5.41, 5.74) is 1.92. The van der Waals surface area contributed by atoms with E-state index in [0.29, 0.717) is 34.8 Å². The van der Waals surface area contributed by atoms with Gasteiger partial charge in [0.25, 0.3) is 5.56 Å². The monoisotopic (exact) mass is 419 g/mol. The van der Waals surface area contributed by atoms with Crippen LogP contribution in [0.3, 0.4) is 0 Å². The van der Waals surface area contributed by atoms with E-state index in [1.54, 1.807) is 25.1 Å². The van der Waals surface area contributed by atoms with Crippen LogP contribution < -0.4 is 15.2 Å². The number of hydrogen-bond donors (Lipinski definition) is 0. The first-order valence-corrected chi connectivity index (χ1v) is 10.2. The Bertz CT molecular complexity index is 1310. The zero-order chi connectivity index (χ0) is 21.1. The maximum atomic E-state index is 12.7. The fraction of sp³-hybridized carbons (Fsp3) is 0.381. The molecule has 1 aliphatic carbocycles. The molecule has 31 heavy (non-hydrogen) atoms. The van der Waals surface area contributed by atoms with Crippen LogP contribution >= 0.6 is 0 Å². The second kappa shape index (κ2) is 6.66. The summed E-state index contributed by atoms with van der Waals surface area (Å²) < 4.78 is 13.8. The van der Waals surface area contributed by atoms with Crippen LogP contribution in [-0.4, -0.2) is 49.4 Å². The Morgan fingerprint density at radius 3 is 2.61 bits per heavy atom. The first-order valence-electron chi connectivity index (χ1n) is 10.2. The van der Waals surface area contributed by atoms with Crippen molar-refractivity contribution < 1.29 is 9.26 Å². The number of imidazole rings is 1. The van der Waals surface area contributed by atoms with E-state index in [9.17, 15) is 4.79 Å². The highest BCUT2D eigenvalue weighted by atomic mass is 16.5. The predicted molar refractivity (Wildman–Crippen MR) is 111 cm³/mol. The van der Waals surface area contributed by atoms with Gasteiger partial charge in [0.05, 0.1) is 13.4 Å². The number of methoxy groups -OCH3 is 1. The number of aromatic nitrogens is 6. The highest BCUT2D eigenvalue weighted by Crippen LogP contribution is 2.57. The lowest BCUT2D eigenvalue weighted by Gasteiger charge is -2.21. The van der Waals surface area contributed by atoms with Crippen molar-refractivity contribution in [3.05, 3.63) is 59.0 Å². The number of anilines is 1. The molecule has 6 rings (SSSR count). The van der Waals surface area contributed by atoms with E-state index in [2.05, 4.69) is 37.1 Å². The zero-order valence-electron chi connectivity index (χ0n) is 17.2. The first kappa shape index (κ1) is 18.1. The lowest BCUT2D eigenvalue weighted by Crippen LogP contribution is -2.23. The summed E-state index contributed by atoms with van der Waals surface area (Å²) >= 11 is 0. The second-order valence-electron chi connectivity index (χ2n) is 8.21. The van der Waals surface area contributed by atoms with E-state index in [4.69, 9.17) is 9.26 Å². The molecule has 0 radical (unpaired) electrons. The minimum atomic E-state index is -0.178. The lowest BCUT2D eigenvalue weighted by molar-refractivity contribution is 0.363. The number of fused-ring (bicyclic) bond motifs is 2. The molecule has 2 aliphatic rings. The molecule has 3 aromatic heterocycles. The van der Waals surface area contributed by atoms with Gasteiger partial charge in [-0.05, 0) is 36.1 Å². The molecule has 0 bridgehead atoms. The van der Waals surface area contributed by atoms with Gasteiger partial charge in [-0.1, -0.05) is 5.16 Å². The van der Waals surface area contributed by atoms with E-state index in [0.717, 1.165) is 24.7 Å². The van der Waals surface area contributed by atoms with Gasteiger partial charge in [-0.3, -0.25) is 9.36 Å². The van der Waals surface area contributed by atoms with E-state index >= 15 is 0 Å². The van der Waals surface area contributed by atoms with Crippen LogP contribution in [0.5, 0.6) is 5.75 Å². The van der Waals surface area contributed by atoms with Gasteiger partial charge in [-0.15, -0.1) is 0 Å². The van der Waals surface area contributed by atoms with Crippen molar-refractivity contribution in [1.29, 1.82) is 0 Å².